The molecule has 0 aromatic heterocycles. The van der Waals surface area contributed by atoms with Crippen molar-refractivity contribution in [1.29, 1.82) is 0 Å². The third-order valence-electron chi connectivity index (χ3n) is 1.42. The van der Waals surface area contributed by atoms with Crippen molar-refractivity contribution in [2.75, 3.05) is 0 Å². The summed E-state index contributed by atoms with van der Waals surface area (Å²) >= 11 is 3.35. The van der Waals surface area contributed by atoms with Crippen LogP contribution >= 0.6 is 15.9 Å². The predicted octanol–water partition coefficient (Wildman–Crippen LogP) is 2.22. The Kier molecular flexibility index (Phi) is 3.29. The maximum atomic E-state index is 10.7. The number of nitrogens with one attached hydrogen (secondary N) is 1. The lowest BCUT2D eigenvalue weighted by Gasteiger charge is -2.09. The van der Waals surface area contributed by atoms with Crippen molar-refractivity contribution in [3.63, 3.8) is 0 Å². The van der Waals surface area contributed by atoms with Gasteiger partial charge >= 0.3 is 0 Å². The van der Waals surface area contributed by atoms with E-state index in [1.54, 1.807) is 0 Å². The van der Waals surface area contributed by atoms with Crippen LogP contribution in [0.25, 0.3) is 0 Å². The Bertz CT molecular complexity index is 260. The zero-order valence-corrected chi connectivity index (χ0v) is 8.34. The Morgan fingerprint density at radius 3 is 2.50 bits per heavy atom. The summed E-state index contributed by atoms with van der Waals surface area (Å²) in [5, 5.41) is 2.74. The molecule has 1 unspecified atom stereocenters. The Labute approximate surface area is 80.1 Å². The molecule has 0 fully saturated rings. The van der Waals surface area contributed by atoms with Crippen LogP contribution in [0, 0.1) is 0 Å². The van der Waals surface area contributed by atoms with Gasteiger partial charge in [0.2, 0.25) is 5.91 Å². The van der Waals surface area contributed by atoms with Gasteiger partial charge in [-0.05, 0) is 5.56 Å². The highest BCUT2D eigenvalue weighted by Gasteiger charge is 2.05. The average Bonchev–Trinajstić information content (AvgIpc) is 2.05. The number of benzene rings is 1. The van der Waals surface area contributed by atoms with Crippen LogP contribution in [0.4, 0.5) is 0 Å². The molecule has 64 valence electrons. The van der Waals surface area contributed by atoms with Crippen molar-refractivity contribution in [1.82, 2.24) is 5.32 Å². The highest BCUT2D eigenvalue weighted by Crippen LogP contribution is 2.18. The predicted molar refractivity (Wildman–Crippen MR) is 51.9 cm³/mol. The molecule has 0 aliphatic heterocycles. The first-order chi connectivity index (χ1) is 5.70. The van der Waals surface area contributed by atoms with Gasteiger partial charge in [0, 0.05) is 6.92 Å². The van der Waals surface area contributed by atoms with Crippen LogP contribution in [0.2, 0.25) is 0 Å². The average molecular weight is 228 g/mol. The third kappa shape index (κ3) is 2.66. The zero-order valence-electron chi connectivity index (χ0n) is 6.75. The monoisotopic (exact) mass is 227 g/mol. The molecule has 0 spiro atoms. The van der Waals surface area contributed by atoms with E-state index >= 15 is 0 Å². The quantitative estimate of drug-likeness (QED) is 0.610. The minimum absolute atomic E-state index is 0.0410. The van der Waals surface area contributed by atoms with Gasteiger partial charge in [-0.15, -0.1) is 0 Å². The second-order valence-electron chi connectivity index (χ2n) is 2.47. The Morgan fingerprint density at radius 2 is 2.00 bits per heavy atom. The molecule has 0 heterocycles. The highest BCUT2D eigenvalue weighted by atomic mass is 79.9. The molecule has 1 atom stereocenters. The number of carbonyl (C=O) groups is 1. The molecule has 1 aromatic carbocycles. The second-order valence-corrected chi connectivity index (χ2v) is 3.39. The van der Waals surface area contributed by atoms with Crippen LogP contribution in [0.15, 0.2) is 30.3 Å². The van der Waals surface area contributed by atoms with Gasteiger partial charge in [0.15, 0.2) is 0 Å². The molecular formula is C9H10BrNO. The van der Waals surface area contributed by atoms with Crippen LogP contribution in [0.3, 0.4) is 0 Å². The first kappa shape index (κ1) is 9.26. The molecule has 12 heavy (non-hydrogen) atoms. The minimum atomic E-state index is -0.0869. The summed E-state index contributed by atoms with van der Waals surface area (Å²) in [4.78, 5) is 10.6. The summed E-state index contributed by atoms with van der Waals surface area (Å²) in [6.45, 7) is 1.50. The number of carbonyl (C=O) groups excluding carboxylic acids is 1. The lowest BCUT2D eigenvalue weighted by Crippen LogP contribution is -2.21. The number of amides is 1. The molecule has 0 saturated heterocycles. The van der Waals surface area contributed by atoms with E-state index in [2.05, 4.69) is 21.2 Å². The number of hydrogen-bond acceptors (Lipinski definition) is 1. The number of alkyl halides is 1. The van der Waals surface area contributed by atoms with Crippen molar-refractivity contribution < 1.29 is 4.79 Å². The van der Waals surface area contributed by atoms with E-state index in [9.17, 15) is 4.79 Å². The van der Waals surface area contributed by atoms with Crippen LogP contribution in [0.5, 0.6) is 0 Å². The molecule has 3 heteroatoms. The van der Waals surface area contributed by atoms with Crippen LogP contribution in [-0.2, 0) is 4.79 Å². The van der Waals surface area contributed by atoms with E-state index in [4.69, 9.17) is 0 Å². The fourth-order valence-corrected chi connectivity index (χ4v) is 1.51. The van der Waals surface area contributed by atoms with Gasteiger partial charge in [-0.3, -0.25) is 4.79 Å². The summed E-state index contributed by atoms with van der Waals surface area (Å²) in [5.74, 6) is -0.0410. The summed E-state index contributed by atoms with van der Waals surface area (Å²) in [5.41, 5.74) is 1.05. The highest BCUT2D eigenvalue weighted by molar-refractivity contribution is 9.09. The zero-order chi connectivity index (χ0) is 8.97. The van der Waals surface area contributed by atoms with E-state index in [-0.39, 0.29) is 10.9 Å². The van der Waals surface area contributed by atoms with E-state index < -0.39 is 0 Å². The van der Waals surface area contributed by atoms with Crippen LogP contribution in [0.1, 0.15) is 17.4 Å². The van der Waals surface area contributed by atoms with Gasteiger partial charge < -0.3 is 5.32 Å². The minimum Gasteiger partial charge on any atom is -0.340 e. The largest absolute Gasteiger partial charge is 0.340 e. The summed E-state index contributed by atoms with van der Waals surface area (Å²) in [7, 11) is 0. The van der Waals surface area contributed by atoms with E-state index in [0.717, 1.165) is 5.56 Å². The summed E-state index contributed by atoms with van der Waals surface area (Å²) < 4.78 is 0. The third-order valence-corrected chi connectivity index (χ3v) is 2.18. The van der Waals surface area contributed by atoms with Crippen molar-refractivity contribution >= 4 is 21.8 Å². The first-order valence-electron chi connectivity index (χ1n) is 3.66. The maximum absolute atomic E-state index is 10.7. The molecular weight excluding hydrogens is 218 g/mol. The molecule has 0 aliphatic carbocycles. The van der Waals surface area contributed by atoms with Gasteiger partial charge in [-0.1, -0.05) is 46.3 Å². The lowest BCUT2D eigenvalue weighted by molar-refractivity contribution is -0.119. The number of halogens is 1. The Balaban J connectivity index is 2.65. The van der Waals surface area contributed by atoms with Gasteiger partial charge in [0.1, 0.15) is 4.95 Å². The topological polar surface area (TPSA) is 29.1 Å². The molecule has 1 N–H and O–H groups in total. The van der Waals surface area contributed by atoms with Gasteiger partial charge in [0.05, 0.1) is 0 Å². The van der Waals surface area contributed by atoms with Crippen molar-refractivity contribution in [3.05, 3.63) is 35.9 Å². The maximum Gasteiger partial charge on any atom is 0.218 e. The van der Waals surface area contributed by atoms with Gasteiger partial charge in [-0.25, -0.2) is 0 Å². The van der Waals surface area contributed by atoms with Crippen molar-refractivity contribution in [3.8, 4) is 0 Å². The summed E-state index contributed by atoms with van der Waals surface area (Å²) in [6, 6.07) is 9.72. The second kappa shape index (κ2) is 4.26. The molecule has 1 aromatic rings. The van der Waals surface area contributed by atoms with E-state index in [1.165, 1.54) is 6.92 Å². The molecule has 0 bridgehead atoms. The summed E-state index contributed by atoms with van der Waals surface area (Å²) in [6.07, 6.45) is 0. The Hall–Kier alpha value is -0.830. The number of hydrogen-bond donors (Lipinski definition) is 1. The van der Waals surface area contributed by atoms with Crippen LogP contribution < -0.4 is 5.32 Å². The molecule has 1 amide bonds. The smallest absolute Gasteiger partial charge is 0.218 e. The van der Waals surface area contributed by atoms with E-state index in [0.29, 0.717) is 0 Å². The standard InChI is InChI=1S/C9H10BrNO/c1-7(12)11-9(10)8-5-3-2-4-6-8/h2-6,9H,1H3,(H,11,12). The lowest BCUT2D eigenvalue weighted by atomic mass is 10.2. The van der Waals surface area contributed by atoms with Crippen molar-refractivity contribution in [2.45, 2.75) is 11.9 Å². The van der Waals surface area contributed by atoms with Gasteiger partial charge in [0.25, 0.3) is 0 Å². The number of rotatable bonds is 2. The fourth-order valence-electron chi connectivity index (χ4n) is 0.884. The first-order valence-corrected chi connectivity index (χ1v) is 4.58. The van der Waals surface area contributed by atoms with Crippen LogP contribution in [-0.4, -0.2) is 5.91 Å². The van der Waals surface area contributed by atoms with Gasteiger partial charge in [-0.2, -0.15) is 0 Å². The Morgan fingerprint density at radius 1 is 1.42 bits per heavy atom. The van der Waals surface area contributed by atoms with Crippen molar-refractivity contribution in [2.24, 2.45) is 0 Å². The fraction of sp³-hybridized carbons (Fsp3) is 0.222. The molecule has 0 radical (unpaired) electrons. The molecule has 2 nitrogen and oxygen atoms in total. The molecule has 1 rings (SSSR count). The van der Waals surface area contributed by atoms with E-state index in [1.807, 2.05) is 30.3 Å². The normalized spacial score (nSPS) is 12.2. The molecule has 0 aliphatic rings. The SMILES string of the molecule is CC(=O)NC(Br)c1ccccc1. The molecule has 0 saturated carbocycles.